The third-order valence-electron chi connectivity index (χ3n) is 5.04. The zero-order chi connectivity index (χ0) is 18.6. The number of carbonyl (C=O) groups excluding carboxylic acids is 1. The molecule has 1 aliphatic heterocycles. The minimum atomic E-state index is 0.144. The molecule has 4 rings (SSSR count). The first kappa shape index (κ1) is 17.5. The van der Waals surface area contributed by atoms with E-state index in [9.17, 15) is 4.79 Å². The van der Waals surface area contributed by atoms with E-state index in [1.54, 1.807) is 13.4 Å². The number of hydrogen-bond acceptors (Lipinski definition) is 5. The number of furan rings is 1. The van der Waals surface area contributed by atoms with E-state index in [-0.39, 0.29) is 5.91 Å². The van der Waals surface area contributed by atoms with Crippen molar-refractivity contribution in [2.45, 2.75) is 13.0 Å². The number of pyridine rings is 1. The Labute approximate surface area is 158 Å². The molecule has 1 aliphatic rings. The summed E-state index contributed by atoms with van der Waals surface area (Å²) in [6.07, 6.45) is 3.86. The van der Waals surface area contributed by atoms with Gasteiger partial charge < -0.3 is 14.1 Å². The lowest BCUT2D eigenvalue weighted by Crippen LogP contribution is -2.48. The number of amides is 1. The highest BCUT2D eigenvalue weighted by Gasteiger charge is 2.22. The maximum absolute atomic E-state index is 12.7. The number of nitrogens with zero attached hydrogens (tertiary/aromatic N) is 3. The quantitative estimate of drug-likeness (QED) is 0.696. The van der Waals surface area contributed by atoms with Crippen molar-refractivity contribution >= 4 is 16.9 Å². The van der Waals surface area contributed by atoms with E-state index in [0.29, 0.717) is 6.42 Å². The van der Waals surface area contributed by atoms with Gasteiger partial charge in [-0.15, -0.1) is 0 Å². The van der Waals surface area contributed by atoms with Crippen LogP contribution in [0.4, 0.5) is 0 Å². The standard InChI is InChI=1S/C21H23N3O3/c1-26-18-5-6-19-16(15-27-20(19)13-18)12-21(25)24-10-8-23(9-11-24)14-17-4-2-3-7-22-17/h2-7,13,15H,8-12,14H2,1H3. The zero-order valence-corrected chi connectivity index (χ0v) is 15.4. The van der Waals surface area contributed by atoms with E-state index >= 15 is 0 Å². The van der Waals surface area contributed by atoms with Crippen LogP contribution in [0.5, 0.6) is 5.75 Å². The molecule has 1 aromatic carbocycles. The Morgan fingerprint density at radius 3 is 2.78 bits per heavy atom. The predicted octanol–water partition coefficient (Wildman–Crippen LogP) is 2.72. The lowest BCUT2D eigenvalue weighted by molar-refractivity contribution is -0.132. The summed E-state index contributed by atoms with van der Waals surface area (Å²) in [5.74, 6) is 0.893. The number of ether oxygens (including phenoxy) is 1. The lowest BCUT2D eigenvalue weighted by atomic mass is 10.1. The number of fused-ring (bicyclic) bond motifs is 1. The molecule has 0 aliphatic carbocycles. The Morgan fingerprint density at radius 2 is 2.04 bits per heavy atom. The molecule has 6 nitrogen and oxygen atoms in total. The smallest absolute Gasteiger partial charge is 0.227 e. The van der Waals surface area contributed by atoms with Gasteiger partial charge in [0.05, 0.1) is 25.5 Å². The van der Waals surface area contributed by atoms with Gasteiger partial charge in [-0.05, 0) is 24.3 Å². The van der Waals surface area contributed by atoms with Crippen molar-refractivity contribution < 1.29 is 13.9 Å². The average Bonchev–Trinajstić information content (AvgIpc) is 3.11. The van der Waals surface area contributed by atoms with Gasteiger partial charge in [0.2, 0.25) is 5.91 Å². The number of carbonyl (C=O) groups is 1. The summed E-state index contributed by atoms with van der Waals surface area (Å²) >= 11 is 0. The summed E-state index contributed by atoms with van der Waals surface area (Å²) in [4.78, 5) is 21.4. The molecule has 1 amide bonds. The van der Waals surface area contributed by atoms with Gasteiger partial charge in [0.1, 0.15) is 11.3 Å². The number of hydrogen-bond donors (Lipinski definition) is 0. The van der Waals surface area contributed by atoms with Crippen molar-refractivity contribution in [3.05, 3.63) is 60.1 Å². The van der Waals surface area contributed by atoms with Crippen LogP contribution in [0.1, 0.15) is 11.3 Å². The second-order valence-corrected chi connectivity index (χ2v) is 6.78. The van der Waals surface area contributed by atoms with Crippen molar-refractivity contribution in [3.63, 3.8) is 0 Å². The summed E-state index contributed by atoms with van der Waals surface area (Å²) in [7, 11) is 1.63. The van der Waals surface area contributed by atoms with Crippen LogP contribution in [0.15, 0.2) is 53.3 Å². The lowest BCUT2D eigenvalue weighted by Gasteiger charge is -2.34. The van der Waals surface area contributed by atoms with Crippen molar-refractivity contribution in [3.8, 4) is 5.75 Å². The average molecular weight is 365 g/mol. The van der Waals surface area contributed by atoms with Crippen LogP contribution in [-0.4, -0.2) is 54.0 Å². The largest absolute Gasteiger partial charge is 0.497 e. The van der Waals surface area contributed by atoms with Crippen LogP contribution in [-0.2, 0) is 17.8 Å². The van der Waals surface area contributed by atoms with Gasteiger partial charge in [0, 0.05) is 55.9 Å². The summed E-state index contributed by atoms with van der Waals surface area (Å²) in [6.45, 7) is 4.05. The molecule has 2 aromatic heterocycles. The monoisotopic (exact) mass is 365 g/mol. The number of rotatable bonds is 5. The molecule has 3 aromatic rings. The third kappa shape index (κ3) is 3.95. The Bertz CT molecular complexity index is 915. The van der Waals surface area contributed by atoms with Crippen molar-refractivity contribution in [1.29, 1.82) is 0 Å². The van der Waals surface area contributed by atoms with Crippen LogP contribution in [0.2, 0.25) is 0 Å². The van der Waals surface area contributed by atoms with Gasteiger partial charge in [-0.3, -0.25) is 14.7 Å². The van der Waals surface area contributed by atoms with Crippen molar-refractivity contribution in [1.82, 2.24) is 14.8 Å². The number of benzene rings is 1. The van der Waals surface area contributed by atoms with Crippen LogP contribution in [0.3, 0.4) is 0 Å². The van der Waals surface area contributed by atoms with E-state index in [0.717, 1.165) is 60.7 Å². The topological polar surface area (TPSA) is 58.8 Å². The van der Waals surface area contributed by atoms with Crippen LogP contribution < -0.4 is 4.74 Å². The highest BCUT2D eigenvalue weighted by Crippen LogP contribution is 2.26. The van der Waals surface area contributed by atoms with Crippen LogP contribution in [0.25, 0.3) is 11.0 Å². The van der Waals surface area contributed by atoms with Gasteiger partial charge in [-0.1, -0.05) is 6.07 Å². The maximum Gasteiger partial charge on any atom is 0.227 e. The number of methoxy groups -OCH3 is 1. The molecule has 0 unspecified atom stereocenters. The normalized spacial score (nSPS) is 15.2. The van der Waals surface area contributed by atoms with Gasteiger partial charge in [-0.2, -0.15) is 0 Å². The Kier molecular flexibility index (Phi) is 5.07. The van der Waals surface area contributed by atoms with E-state index < -0.39 is 0 Å². The van der Waals surface area contributed by atoms with E-state index in [4.69, 9.17) is 9.15 Å². The van der Waals surface area contributed by atoms with Crippen LogP contribution in [0, 0.1) is 0 Å². The zero-order valence-electron chi connectivity index (χ0n) is 15.4. The van der Waals surface area contributed by atoms with E-state index in [1.165, 1.54) is 0 Å². The fourth-order valence-corrected chi connectivity index (χ4v) is 3.48. The summed E-state index contributed by atoms with van der Waals surface area (Å²) < 4.78 is 10.8. The van der Waals surface area contributed by atoms with E-state index in [1.807, 2.05) is 47.5 Å². The molecule has 6 heteroatoms. The van der Waals surface area contributed by atoms with E-state index in [2.05, 4.69) is 9.88 Å². The second kappa shape index (κ2) is 7.80. The molecule has 0 bridgehead atoms. The molecule has 140 valence electrons. The molecule has 0 spiro atoms. The SMILES string of the molecule is COc1ccc2c(CC(=O)N3CCN(Cc4ccccn4)CC3)coc2c1. The highest BCUT2D eigenvalue weighted by atomic mass is 16.5. The first-order valence-electron chi connectivity index (χ1n) is 9.17. The second-order valence-electron chi connectivity index (χ2n) is 6.78. The fraction of sp³-hybridized carbons (Fsp3) is 0.333. The van der Waals surface area contributed by atoms with Gasteiger partial charge >= 0.3 is 0 Å². The fourth-order valence-electron chi connectivity index (χ4n) is 3.48. The molecule has 0 atom stereocenters. The molecular formula is C21H23N3O3. The minimum Gasteiger partial charge on any atom is -0.497 e. The molecule has 27 heavy (non-hydrogen) atoms. The summed E-state index contributed by atoms with van der Waals surface area (Å²) in [5, 5.41) is 0.970. The minimum absolute atomic E-state index is 0.144. The van der Waals surface area contributed by atoms with Gasteiger partial charge in [-0.25, -0.2) is 0 Å². The Balaban J connectivity index is 1.34. The predicted molar refractivity (Wildman–Crippen MR) is 103 cm³/mol. The summed E-state index contributed by atoms with van der Waals surface area (Å²) in [5.41, 5.74) is 2.74. The Morgan fingerprint density at radius 1 is 1.19 bits per heavy atom. The first-order valence-corrected chi connectivity index (χ1v) is 9.17. The van der Waals surface area contributed by atoms with Gasteiger partial charge in [0.25, 0.3) is 0 Å². The van der Waals surface area contributed by atoms with Crippen molar-refractivity contribution in [2.24, 2.45) is 0 Å². The first-order chi connectivity index (χ1) is 13.2. The summed E-state index contributed by atoms with van der Waals surface area (Å²) in [6, 6.07) is 11.7. The molecule has 1 saturated heterocycles. The molecule has 3 heterocycles. The molecule has 1 fully saturated rings. The Hall–Kier alpha value is -2.86. The van der Waals surface area contributed by atoms with Crippen molar-refractivity contribution in [2.75, 3.05) is 33.3 Å². The third-order valence-corrected chi connectivity index (χ3v) is 5.04. The van der Waals surface area contributed by atoms with Gasteiger partial charge in [0.15, 0.2) is 0 Å². The number of aromatic nitrogens is 1. The molecule has 0 saturated carbocycles. The molecular weight excluding hydrogens is 342 g/mol. The number of piperazine rings is 1. The molecule has 0 radical (unpaired) electrons. The van der Waals surface area contributed by atoms with Crippen LogP contribution >= 0.6 is 0 Å². The molecule has 0 N–H and O–H groups in total. The highest BCUT2D eigenvalue weighted by molar-refractivity contribution is 5.88. The maximum atomic E-state index is 12.7.